The van der Waals surface area contributed by atoms with E-state index in [1.807, 2.05) is 72.8 Å². The van der Waals surface area contributed by atoms with Gasteiger partial charge in [0.2, 0.25) is 0 Å². The topological polar surface area (TPSA) is 60.5 Å². The minimum atomic E-state index is 0.142. The lowest BCUT2D eigenvalue weighted by atomic mass is 9.88. The lowest BCUT2D eigenvalue weighted by molar-refractivity contribution is 1.30. The number of hydrogen-bond acceptors (Lipinski definition) is 3. The van der Waals surface area contributed by atoms with Gasteiger partial charge in [0, 0.05) is 10.9 Å². The Morgan fingerprint density at radius 1 is 0.562 bits per heavy atom. The fourth-order valence-electron chi connectivity index (χ4n) is 4.12. The van der Waals surface area contributed by atoms with E-state index in [-0.39, 0.29) is 5.69 Å². The van der Waals surface area contributed by atoms with Crippen molar-refractivity contribution in [3.8, 4) is 45.5 Å². The Kier molecular flexibility index (Phi) is 4.92. The predicted octanol–water partition coefficient (Wildman–Crippen LogP) is 6.98. The Labute approximate surface area is 186 Å². The molecule has 32 heavy (non-hydrogen) atoms. The number of nitrogens with zero attached hydrogens (tertiary/aromatic N) is 3. The minimum Gasteiger partial charge on any atom is -0.236 e. The molecule has 0 unspecified atom stereocenters. The van der Waals surface area contributed by atoms with Gasteiger partial charge in [0.25, 0.3) is 0 Å². The Hall–Kier alpha value is -4.73. The number of nitriles is 2. The van der Waals surface area contributed by atoms with Crippen LogP contribution in [0.5, 0.6) is 0 Å². The predicted molar refractivity (Wildman–Crippen MR) is 127 cm³/mol. The summed E-state index contributed by atoms with van der Waals surface area (Å²) in [4.78, 5) is 4.64. The van der Waals surface area contributed by atoms with Gasteiger partial charge in [0.15, 0.2) is 5.69 Å². The summed E-state index contributed by atoms with van der Waals surface area (Å²) in [6.45, 7) is 0. The highest BCUT2D eigenvalue weighted by Crippen LogP contribution is 2.41. The van der Waals surface area contributed by atoms with E-state index in [9.17, 15) is 10.5 Å². The maximum Gasteiger partial charge on any atom is 0.159 e. The summed E-state index contributed by atoms with van der Waals surface area (Å²) in [5.74, 6) is 0. The summed E-state index contributed by atoms with van der Waals surface area (Å²) >= 11 is 0. The summed E-state index contributed by atoms with van der Waals surface area (Å²) in [6.07, 6.45) is 0. The quantitative estimate of drug-likeness (QED) is 0.324. The monoisotopic (exact) mass is 407 g/mol. The van der Waals surface area contributed by atoms with Crippen LogP contribution in [0.3, 0.4) is 0 Å². The molecule has 0 saturated heterocycles. The summed E-state index contributed by atoms with van der Waals surface area (Å²) < 4.78 is 0. The zero-order valence-electron chi connectivity index (χ0n) is 17.2. The second-order valence-electron chi connectivity index (χ2n) is 7.45. The van der Waals surface area contributed by atoms with Crippen LogP contribution in [-0.4, -0.2) is 4.98 Å². The third kappa shape index (κ3) is 3.29. The van der Waals surface area contributed by atoms with Crippen LogP contribution in [0.1, 0.15) is 11.3 Å². The van der Waals surface area contributed by atoms with Crippen LogP contribution in [0.4, 0.5) is 0 Å². The average Bonchev–Trinajstić information content (AvgIpc) is 2.88. The highest BCUT2D eigenvalue weighted by molar-refractivity contribution is 6.09. The zero-order valence-corrected chi connectivity index (χ0v) is 17.2. The molecule has 0 radical (unpaired) electrons. The normalized spacial score (nSPS) is 10.4. The van der Waals surface area contributed by atoms with Crippen LogP contribution in [0.2, 0.25) is 0 Å². The third-order valence-electron chi connectivity index (χ3n) is 5.56. The zero-order chi connectivity index (χ0) is 21.9. The molecule has 4 aromatic carbocycles. The van der Waals surface area contributed by atoms with Crippen molar-refractivity contribution in [3.63, 3.8) is 0 Å². The maximum atomic E-state index is 10.0. The molecule has 5 rings (SSSR count). The highest BCUT2D eigenvalue weighted by Gasteiger charge is 2.20. The Bertz CT molecular complexity index is 1510. The summed E-state index contributed by atoms with van der Waals surface area (Å²) in [5, 5.41) is 20.7. The van der Waals surface area contributed by atoms with E-state index in [1.165, 1.54) is 0 Å². The van der Waals surface area contributed by atoms with Crippen LogP contribution >= 0.6 is 0 Å². The fraction of sp³-hybridized carbons (Fsp3) is 0. The molecule has 1 heterocycles. The van der Waals surface area contributed by atoms with Crippen molar-refractivity contribution in [1.82, 2.24) is 4.98 Å². The molecule has 3 nitrogen and oxygen atoms in total. The van der Waals surface area contributed by atoms with Crippen molar-refractivity contribution in [2.45, 2.75) is 0 Å². The Morgan fingerprint density at radius 2 is 1.12 bits per heavy atom. The van der Waals surface area contributed by atoms with Gasteiger partial charge < -0.3 is 0 Å². The largest absolute Gasteiger partial charge is 0.236 e. The summed E-state index contributed by atoms with van der Waals surface area (Å²) in [7, 11) is 0. The lowest BCUT2D eigenvalue weighted by Crippen LogP contribution is -1.99. The number of aromatic nitrogens is 1. The van der Waals surface area contributed by atoms with E-state index in [0.29, 0.717) is 11.1 Å². The molecule has 0 atom stereocenters. The van der Waals surface area contributed by atoms with Crippen molar-refractivity contribution >= 4 is 10.9 Å². The van der Waals surface area contributed by atoms with E-state index in [0.717, 1.165) is 38.8 Å². The smallest absolute Gasteiger partial charge is 0.159 e. The van der Waals surface area contributed by atoms with E-state index in [1.54, 1.807) is 0 Å². The number of pyridine rings is 1. The highest BCUT2D eigenvalue weighted by atomic mass is 14.7. The molecule has 5 aromatic rings. The molecule has 0 spiro atoms. The van der Waals surface area contributed by atoms with Gasteiger partial charge in [-0.3, -0.25) is 0 Å². The van der Waals surface area contributed by atoms with E-state index in [4.69, 9.17) is 0 Å². The SMILES string of the molecule is N#Cc1nc2cc(-c3ccccc3)cc(-c3ccccc3)c2c(-c2ccccc2)c1C#N. The fourth-order valence-corrected chi connectivity index (χ4v) is 4.12. The minimum absolute atomic E-state index is 0.142. The van der Waals surface area contributed by atoms with E-state index >= 15 is 0 Å². The number of fused-ring (bicyclic) bond motifs is 1. The van der Waals surface area contributed by atoms with Crippen LogP contribution in [-0.2, 0) is 0 Å². The maximum absolute atomic E-state index is 10.0. The van der Waals surface area contributed by atoms with Gasteiger partial charge in [-0.15, -0.1) is 0 Å². The molecule has 0 N–H and O–H groups in total. The molecule has 0 fully saturated rings. The van der Waals surface area contributed by atoms with Crippen LogP contribution in [0.15, 0.2) is 103 Å². The molecule has 3 heteroatoms. The van der Waals surface area contributed by atoms with Gasteiger partial charge in [-0.25, -0.2) is 4.98 Å². The van der Waals surface area contributed by atoms with Crippen molar-refractivity contribution in [1.29, 1.82) is 10.5 Å². The molecule has 0 aliphatic heterocycles. The molecule has 0 bridgehead atoms. The first-order chi connectivity index (χ1) is 15.8. The molecule has 148 valence electrons. The lowest BCUT2D eigenvalue weighted by Gasteiger charge is -2.16. The number of benzene rings is 4. The van der Waals surface area contributed by atoms with E-state index in [2.05, 4.69) is 47.5 Å². The van der Waals surface area contributed by atoms with Crippen molar-refractivity contribution < 1.29 is 0 Å². The number of hydrogen-bond donors (Lipinski definition) is 0. The molecule has 0 aliphatic rings. The second kappa shape index (κ2) is 8.19. The van der Waals surface area contributed by atoms with Crippen molar-refractivity contribution in [2.24, 2.45) is 0 Å². The van der Waals surface area contributed by atoms with Gasteiger partial charge in [-0.05, 0) is 39.9 Å². The first-order valence-electron chi connectivity index (χ1n) is 10.3. The van der Waals surface area contributed by atoms with Crippen LogP contribution in [0, 0.1) is 22.7 Å². The first kappa shape index (κ1) is 19.2. The second-order valence-corrected chi connectivity index (χ2v) is 7.45. The Balaban J connectivity index is 1.98. The summed E-state index contributed by atoms with van der Waals surface area (Å²) in [6, 6.07) is 38.5. The van der Waals surface area contributed by atoms with Gasteiger partial charge in [0.1, 0.15) is 12.1 Å². The Morgan fingerprint density at radius 3 is 1.69 bits per heavy atom. The third-order valence-corrected chi connectivity index (χ3v) is 5.56. The van der Waals surface area contributed by atoms with Crippen molar-refractivity contribution in [2.75, 3.05) is 0 Å². The van der Waals surface area contributed by atoms with Gasteiger partial charge in [-0.1, -0.05) is 91.0 Å². The average molecular weight is 407 g/mol. The molecule has 0 amide bonds. The summed E-state index contributed by atoms with van der Waals surface area (Å²) in [5.41, 5.74) is 6.86. The van der Waals surface area contributed by atoms with Gasteiger partial charge in [-0.2, -0.15) is 10.5 Å². The molecular formula is C29H17N3. The first-order valence-corrected chi connectivity index (χ1v) is 10.3. The van der Waals surface area contributed by atoms with E-state index < -0.39 is 0 Å². The molecule has 1 aromatic heterocycles. The standard InChI is InChI=1S/C29H17N3/c30-18-25-27(19-31)32-26-17-23(20-10-4-1-5-11-20)16-24(21-12-6-2-7-13-21)29(26)28(25)22-14-8-3-9-15-22/h1-17H. The molecular weight excluding hydrogens is 390 g/mol. The van der Waals surface area contributed by atoms with Gasteiger partial charge >= 0.3 is 0 Å². The van der Waals surface area contributed by atoms with Crippen LogP contribution < -0.4 is 0 Å². The number of rotatable bonds is 3. The molecule has 0 saturated carbocycles. The van der Waals surface area contributed by atoms with Crippen molar-refractivity contribution in [3.05, 3.63) is 114 Å². The van der Waals surface area contributed by atoms with Crippen LogP contribution in [0.25, 0.3) is 44.3 Å². The van der Waals surface area contributed by atoms with Gasteiger partial charge in [0.05, 0.1) is 11.1 Å². The molecule has 0 aliphatic carbocycles.